The average molecular weight is 183 g/mol. The van der Waals surface area contributed by atoms with E-state index < -0.39 is 5.60 Å². The number of nitrogens with zero attached hydrogens (tertiary/aromatic N) is 2. The highest BCUT2D eigenvalue weighted by Gasteiger charge is 2.20. The van der Waals surface area contributed by atoms with Gasteiger partial charge in [-0.15, -0.1) is 0 Å². The lowest BCUT2D eigenvalue weighted by molar-refractivity contribution is 0.0539. The number of nitrogens with two attached hydrogens (primary N) is 1. The van der Waals surface area contributed by atoms with Crippen molar-refractivity contribution in [3.8, 4) is 0 Å². The highest BCUT2D eigenvalue weighted by molar-refractivity contribution is 5.07. The molecule has 13 heavy (non-hydrogen) atoms. The molecular formula is C9H17N3O. The van der Waals surface area contributed by atoms with Crippen LogP contribution in [0.4, 0.5) is 0 Å². The summed E-state index contributed by atoms with van der Waals surface area (Å²) in [4.78, 5) is 0. The molecule has 1 rings (SSSR count). The Balaban J connectivity index is 2.57. The van der Waals surface area contributed by atoms with E-state index in [4.69, 9.17) is 5.73 Å². The second-order valence-electron chi connectivity index (χ2n) is 3.73. The maximum absolute atomic E-state index is 9.86. The summed E-state index contributed by atoms with van der Waals surface area (Å²) in [5.41, 5.74) is 5.72. The molecule has 0 fully saturated rings. The first-order chi connectivity index (χ1) is 6.03. The molecule has 0 aliphatic heterocycles. The van der Waals surface area contributed by atoms with Gasteiger partial charge in [0, 0.05) is 19.7 Å². The third-order valence-corrected chi connectivity index (χ3v) is 2.03. The van der Waals surface area contributed by atoms with Crippen LogP contribution in [-0.2, 0) is 13.5 Å². The Labute approximate surface area is 78.4 Å². The van der Waals surface area contributed by atoms with Crippen molar-refractivity contribution < 1.29 is 5.11 Å². The van der Waals surface area contributed by atoms with E-state index in [1.54, 1.807) is 17.8 Å². The first-order valence-electron chi connectivity index (χ1n) is 4.43. The van der Waals surface area contributed by atoms with Gasteiger partial charge in [0.15, 0.2) is 0 Å². The Hall–Kier alpha value is -0.870. The summed E-state index contributed by atoms with van der Waals surface area (Å²) in [5.74, 6) is 0. The quantitative estimate of drug-likeness (QED) is 0.694. The van der Waals surface area contributed by atoms with Gasteiger partial charge in [-0.05, 0) is 25.5 Å². The van der Waals surface area contributed by atoms with Crippen LogP contribution in [0.15, 0.2) is 12.4 Å². The zero-order valence-corrected chi connectivity index (χ0v) is 8.20. The zero-order valence-electron chi connectivity index (χ0n) is 8.20. The second-order valence-corrected chi connectivity index (χ2v) is 3.73. The van der Waals surface area contributed by atoms with Gasteiger partial charge in [0.05, 0.1) is 11.8 Å². The summed E-state index contributed by atoms with van der Waals surface area (Å²) in [7, 11) is 1.86. The van der Waals surface area contributed by atoms with Gasteiger partial charge in [-0.2, -0.15) is 5.10 Å². The van der Waals surface area contributed by atoms with E-state index in [0.29, 0.717) is 19.4 Å². The molecule has 0 spiro atoms. The summed E-state index contributed by atoms with van der Waals surface area (Å²) in [5, 5.41) is 13.9. The van der Waals surface area contributed by atoms with Crippen molar-refractivity contribution >= 4 is 0 Å². The molecule has 0 saturated heterocycles. The van der Waals surface area contributed by atoms with Gasteiger partial charge in [-0.1, -0.05) is 0 Å². The minimum Gasteiger partial charge on any atom is -0.390 e. The predicted molar refractivity (Wildman–Crippen MR) is 51.2 cm³/mol. The van der Waals surface area contributed by atoms with Crippen molar-refractivity contribution in [1.82, 2.24) is 9.78 Å². The molecule has 1 heterocycles. The predicted octanol–water partition coefficient (Wildman–Crippen LogP) is 0.0624. The number of hydrogen-bond donors (Lipinski definition) is 2. The fourth-order valence-corrected chi connectivity index (χ4v) is 1.40. The Morgan fingerprint density at radius 2 is 2.38 bits per heavy atom. The van der Waals surface area contributed by atoms with Gasteiger partial charge in [-0.3, -0.25) is 4.68 Å². The standard InChI is InChI=1S/C9H17N3O/c1-9(13,3-4-10)5-8-6-11-12(2)7-8/h6-7,13H,3-5,10H2,1-2H3. The Kier molecular flexibility index (Phi) is 3.06. The summed E-state index contributed by atoms with van der Waals surface area (Å²) < 4.78 is 1.73. The largest absolute Gasteiger partial charge is 0.390 e. The van der Waals surface area contributed by atoms with Crippen LogP contribution in [-0.4, -0.2) is 27.0 Å². The maximum Gasteiger partial charge on any atom is 0.0673 e. The molecule has 1 atom stereocenters. The van der Waals surface area contributed by atoms with Crippen LogP contribution >= 0.6 is 0 Å². The van der Waals surface area contributed by atoms with E-state index in [1.807, 2.05) is 13.2 Å². The van der Waals surface area contributed by atoms with Crippen LogP contribution in [0.25, 0.3) is 0 Å². The molecule has 0 aliphatic carbocycles. The van der Waals surface area contributed by atoms with Gasteiger partial charge in [0.2, 0.25) is 0 Å². The molecule has 1 aromatic heterocycles. The first kappa shape index (κ1) is 10.2. The maximum atomic E-state index is 9.86. The fraction of sp³-hybridized carbons (Fsp3) is 0.667. The number of hydrogen-bond acceptors (Lipinski definition) is 3. The lowest BCUT2D eigenvalue weighted by Crippen LogP contribution is -2.30. The van der Waals surface area contributed by atoms with Crippen molar-refractivity contribution in [2.24, 2.45) is 12.8 Å². The molecule has 1 aromatic rings. The van der Waals surface area contributed by atoms with Crippen LogP contribution in [0.1, 0.15) is 18.9 Å². The van der Waals surface area contributed by atoms with E-state index in [9.17, 15) is 5.11 Å². The summed E-state index contributed by atoms with van der Waals surface area (Å²) in [6.45, 7) is 2.31. The molecule has 0 bridgehead atoms. The SMILES string of the molecule is Cn1cc(CC(C)(O)CCN)cn1. The monoisotopic (exact) mass is 183 g/mol. The first-order valence-corrected chi connectivity index (χ1v) is 4.43. The minimum atomic E-state index is -0.711. The second kappa shape index (κ2) is 3.89. The zero-order chi connectivity index (χ0) is 9.90. The highest BCUT2D eigenvalue weighted by atomic mass is 16.3. The number of aromatic nitrogens is 2. The van der Waals surface area contributed by atoms with Crippen molar-refractivity contribution in [2.45, 2.75) is 25.4 Å². The van der Waals surface area contributed by atoms with Crippen LogP contribution in [0.2, 0.25) is 0 Å². The molecule has 74 valence electrons. The molecule has 1 unspecified atom stereocenters. The molecule has 4 nitrogen and oxygen atoms in total. The number of rotatable bonds is 4. The fourth-order valence-electron chi connectivity index (χ4n) is 1.40. The van der Waals surface area contributed by atoms with E-state index in [1.165, 1.54) is 0 Å². The molecule has 3 N–H and O–H groups in total. The van der Waals surface area contributed by atoms with E-state index >= 15 is 0 Å². The average Bonchev–Trinajstić information content (AvgIpc) is 2.34. The third kappa shape index (κ3) is 3.16. The molecular weight excluding hydrogens is 166 g/mol. The van der Waals surface area contributed by atoms with Crippen molar-refractivity contribution in [2.75, 3.05) is 6.54 Å². The van der Waals surface area contributed by atoms with E-state index in [0.717, 1.165) is 5.56 Å². The normalized spacial score (nSPS) is 15.7. The number of aliphatic hydroxyl groups is 1. The lowest BCUT2D eigenvalue weighted by Gasteiger charge is -2.21. The minimum absolute atomic E-state index is 0.507. The molecule has 0 saturated carbocycles. The van der Waals surface area contributed by atoms with Crippen molar-refractivity contribution in [1.29, 1.82) is 0 Å². The molecule has 0 aromatic carbocycles. The Morgan fingerprint density at radius 1 is 1.69 bits per heavy atom. The van der Waals surface area contributed by atoms with E-state index in [-0.39, 0.29) is 0 Å². The van der Waals surface area contributed by atoms with Gasteiger partial charge in [-0.25, -0.2) is 0 Å². The molecule has 0 radical (unpaired) electrons. The highest BCUT2D eigenvalue weighted by Crippen LogP contribution is 2.15. The lowest BCUT2D eigenvalue weighted by atomic mass is 9.95. The van der Waals surface area contributed by atoms with Gasteiger partial charge in [0.25, 0.3) is 0 Å². The number of aryl methyl sites for hydroxylation is 1. The summed E-state index contributed by atoms with van der Waals surface area (Å²) in [6, 6.07) is 0. The molecule has 4 heteroatoms. The van der Waals surface area contributed by atoms with Gasteiger partial charge in [0.1, 0.15) is 0 Å². The Bertz CT molecular complexity index is 268. The van der Waals surface area contributed by atoms with Crippen LogP contribution in [0.5, 0.6) is 0 Å². The third-order valence-electron chi connectivity index (χ3n) is 2.03. The molecule has 0 amide bonds. The van der Waals surface area contributed by atoms with Crippen LogP contribution < -0.4 is 5.73 Å². The van der Waals surface area contributed by atoms with Crippen LogP contribution in [0, 0.1) is 0 Å². The summed E-state index contributed by atoms with van der Waals surface area (Å²) >= 11 is 0. The van der Waals surface area contributed by atoms with Gasteiger partial charge < -0.3 is 10.8 Å². The summed E-state index contributed by atoms with van der Waals surface area (Å²) in [6.07, 6.45) is 4.90. The van der Waals surface area contributed by atoms with Crippen molar-refractivity contribution in [3.63, 3.8) is 0 Å². The topological polar surface area (TPSA) is 64.1 Å². The van der Waals surface area contributed by atoms with Crippen LogP contribution in [0.3, 0.4) is 0 Å². The van der Waals surface area contributed by atoms with Crippen molar-refractivity contribution in [3.05, 3.63) is 18.0 Å². The van der Waals surface area contributed by atoms with Gasteiger partial charge >= 0.3 is 0 Å². The Morgan fingerprint density at radius 3 is 2.85 bits per heavy atom. The smallest absolute Gasteiger partial charge is 0.0673 e. The van der Waals surface area contributed by atoms with E-state index in [2.05, 4.69) is 5.10 Å². The molecule has 0 aliphatic rings.